The number of imide groups is 1. The second-order valence-corrected chi connectivity index (χ2v) is 5.43. The Morgan fingerprint density at radius 1 is 0.931 bits per heavy atom. The van der Waals surface area contributed by atoms with E-state index >= 15 is 0 Å². The van der Waals surface area contributed by atoms with Gasteiger partial charge in [-0.2, -0.15) is 8.78 Å². The van der Waals surface area contributed by atoms with Crippen LogP contribution < -0.4 is 19.5 Å². The topological polar surface area (TPSA) is 100 Å². The summed E-state index contributed by atoms with van der Waals surface area (Å²) in [6.07, 6.45) is 0. The van der Waals surface area contributed by atoms with Crippen LogP contribution in [0.1, 0.15) is 20.7 Å². The number of amides is 2. The number of nitrogens with one attached hydrogen (secondary N) is 1. The Balaban J connectivity index is 1.92. The molecule has 0 heterocycles. The molecular weight excluding hydrogens is 392 g/mol. The third-order valence-electron chi connectivity index (χ3n) is 3.55. The average Bonchev–Trinajstić information content (AvgIpc) is 2.71. The van der Waals surface area contributed by atoms with Crippen molar-refractivity contribution in [1.29, 1.82) is 0 Å². The molecule has 0 saturated heterocycles. The zero-order valence-electron chi connectivity index (χ0n) is 15.4. The number of carbonyl (C=O) groups is 3. The number of benzene rings is 2. The number of alkyl halides is 2. The number of hydrogen-bond donors (Lipinski definition) is 1. The van der Waals surface area contributed by atoms with E-state index in [0.717, 1.165) is 12.1 Å². The molecule has 1 N–H and O–H groups in total. The second kappa shape index (κ2) is 10.0. The summed E-state index contributed by atoms with van der Waals surface area (Å²) in [6, 6.07) is 9.42. The monoisotopic (exact) mass is 409 g/mol. The van der Waals surface area contributed by atoms with E-state index in [1.54, 1.807) is 12.1 Å². The first kappa shape index (κ1) is 21.6. The van der Waals surface area contributed by atoms with E-state index in [1.807, 2.05) is 0 Å². The maximum absolute atomic E-state index is 12.3. The quantitative estimate of drug-likeness (QED) is 0.669. The third-order valence-corrected chi connectivity index (χ3v) is 3.55. The second-order valence-electron chi connectivity index (χ2n) is 5.43. The van der Waals surface area contributed by atoms with Gasteiger partial charge >= 0.3 is 12.6 Å². The van der Waals surface area contributed by atoms with E-state index in [-0.39, 0.29) is 22.6 Å². The summed E-state index contributed by atoms with van der Waals surface area (Å²) in [5, 5.41) is 2.07. The van der Waals surface area contributed by atoms with Crippen LogP contribution in [-0.4, -0.2) is 45.2 Å². The van der Waals surface area contributed by atoms with Crippen molar-refractivity contribution in [3.63, 3.8) is 0 Å². The van der Waals surface area contributed by atoms with Gasteiger partial charge in [-0.05, 0) is 42.5 Å². The maximum Gasteiger partial charge on any atom is 0.387 e. The van der Waals surface area contributed by atoms with Crippen molar-refractivity contribution in [2.45, 2.75) is 6.61 Å². The Labute approximate surface area is 164 Å². The van der Waals surface area contributed by atoms with E-state index in [1.165, 1.54) is 32.4 Å². The van der Waals surface area contributed by atoms with Gasteiger partial charge in [0.15, 0.2) is 18.1 Å². The van der Waals surface area contributed by atoms with Crippen LogP contribution in [0.4, 0.5) is 8.78 Å². The summed E-state index contributed by atoms with van der Waals surface area (Å²) < 4.78 is 43.6. The van der Waals surface area contributed by atoms with Gasteiger partial charge in [-0.1, -0.05) is 0 Å². The van der Waals surface area contributed by atoms with Crippen LogP contribution in [0.25, 0.3) is 0 Å². The molecule has 10 heteroatoms. The summed E-state index contributed by atoms with van der Waals surface area (Å²) in [5.41, 5.74) is 0.155. The van der Waals surface area contributed by atoms with Crippen molar-refractivity contribution >= 4 is 17.8 Å². The highest BCUT2D eigenvalue weighted by atomic mass is 19.3. The van der Waals surface area contributed by atoms with Gasteiger partial charge in [0, 0.05) is 5.56 Å². The summed E-state index contributed by atoms with van der Waals surface area (Å²) in [5.74, 6) is -2.27. The van der Waals surface area contributed by atoms with Crippen molar-refractivity contribution < 1.29 is 42.1 Å². The molecule has 0 fully saturated rings. The van der Waals surface area contributed by atoms with Crippen molar-refractivity contribution in [2.24, 2.45) is 0 Å². The highest BCUT2D eigenvalue weighted by molar-refractivity contribution is 6.05. The molecule has 0 bridgehead atoms. The zero-order chi connectivity index (χ0) is 21.4. The van der Waals surface area contributed by atoms with Crippen molar-refractivity contribution in [1.82, 2.24) is 5.32 Å². The normalized spacial score (nSPS) is 10.2. The van der Waals surface area contributed by atoms with E-state index < -0.39 is 31.0 Å². The summed E-state index contributed by atoms with van der Waals surface area (Å²) in [4.78, 5) is 35.8. The minimum atomic E-state index is -3.06. The lowest BCUT2D eigenvalue weighted by atomic mass is 10.2. The Bertz CT molecular complexity index is 885. The van der Waals surface area contributed by atoms with Crippen LogP contribution in [0.15, 0.2) is 42.5 Å². The lowest BCUT2D eigenvalue weighted by Gasteiger charge is -2.11. The SMILES string of the molecule is COc1ccc(C(=O)NC(=O)COC(=O)c2ccc(OC(F)F)c(OC)c2)cc1. The van der Waals surface area contributed by atoms with Crippen molar-refractivity contribution in [3.8, 4) is 17.2 Å². The van der Waals surface area contributed by atoms with Crippen LogP contribution in [0.3, 0.4) is 0 Å². The number of halogens is 2. The first-order valence-electron chi connectivity index (χ1n) is 8.12. The smallest absolute Gasteiger partial charge is 0.387 e. The van der Waals surface area contributed by atoms with Gasteiger partial charge < -0.3 is 18.9 Å². The third kappa shape index (κ3) is 6.16. The Hall–Kier alpha value is -3.69. The van der Waals surface area contributed by atoms with Gasteiger partial charge in [0.25, 0.3) is 11.8 Å². The fraction of sp³-hybridized carbons (Fsp3) is 0.211. The molecule has 0 unspecified atom stereocenters. The Kier molecular flexibility index (Phi) is 7.47. The standard InChI is InChI=1S/C19H17F2NO7/c1-26-13-6-3-11(4-7-13)17(24)22-16(23)10-28-18(25)12-5-8-14(29-19(20)21)15(9-12)27-2/h3-9,19H,10H2,1-2H3,(H,22,23,24). The molecule has 0 aliphatic carbocycles. The number of methoxy groups -OCH3 is 2. The minimum absolute atomic E-state index is 0.0576. The van der Waals surface area contributed by atoms with E-state index in [4.69, 9.17) is 14.2 Å². The van der Waals surface area contributed by atoms with Crippen LogP contribution >= 0.6 is 0 Å². The number of ether oxygens (including phenoxy) is 4. The molecule has 29 heavy (non-hydrogen) atoms. The molecule has 2 aromatic carbocycles. The highest BCUT2D eigenvalue weighted by Gasteiger charge is 2.17. The molecule has 8 nitrogen and oxygen atoms in total. The molecule has 0 saturated carbocycles. The molecule has 2 rings (SSSR count). The fourth-order valence-electron chi connectivity index (χ4n) is 2.18. The van der Waals surface area contributed by atoms with Gasteiger partial charge in [-0.15, -0.1) is 0 Å². The molecule has 2 amide bonds. The molecule has 0 spiro atoms. The Morgan fingerprint density at radius 2 is 1.59 bits per heavy atom. The first-order chi connectivity index (χ1) is 13.8. The minimum Gasteiger partial charge on any atom is -0.497 e. The number of hydrogen-bond acceptors (Lipinski definition) is 7. The van der Waals surface area contributed by atoms with Gasteiger partial charge in [0.1, 0.15) is 5.75 Å². The molecule has 0 aliphatic heterocycles. The van der Waals surface area contributed by atoms with E-state index in [9.17, 15) is 23.2 Å². The predicted octanol–water partition coefficient (Wildman–Crippen LogP) is 2.42. The Morgan fingerprint density at radius 3 is 2.17 bits per heavy atom. The fourth-order valence-corrected chi connectivity index (χ4v) is 2.18. The van der Waals surface area contributed by atoms with Crippen LogP contribution in [-0.2, 0) is 9.53 Å². The molecule has 0 atom stereocenters. The maximum atomic E-state index is 12.3. The van der Waals surface area contributed by atoms with Crippen molar-refractivity contribution in [2.75, 3.05) is 20.8 Å². The summed E-state index contributed by atoms with van der Waals surface area (Å²) in [7, 11) is 2.68. The summed E-state index contributed by atoms with van der Waals surface area (Å²) in [6.45, 7) is -3.79. The van der Waals surface area contributed by atoms with Crippen LogP contribution in [0.2, 0.25) is 0 Å². The van der Waals surface area contributed by atoms with Crippen LogP contribution in [0.5, 0.6) is 17.2 Å². The number of esters is 1. The van der Waals surface area contributed by atoms with Crippen molar-refractivity contribution in [3.05, 3.63) is 53.6 Å². The molecule has 0 radical (unpaired) electrons. The predicted molar refractivity (Wildman–Crippen MR) is 95.4 cm³/mol. The van der Waals surface area contributed by atoms with Crippen LogP contribution in [0, 0.1) is 0 Å². The lowest BCUT2D eigenvalue weighted by Crippen LogP contribution is -2.34. The van der Waals surface area contributed by atoms with Gasteiger partial charge in [0.05, 0.1) is 19.8 Å². The zero-order valence-corrected chi connectivity index (χ0v) is 15.4. The molecule has 154 valence electrons. The van der Waals surface area contributed by atoms with Gasteiger partial charge in [-0.25, -0.2) is 4.79 Å². The van der Waals surface area contributed by atoms with E-state index in [2.05, 4.69) is 10.1 Å². The molecule has 0 aliphatic rings. The molecule has 2 aromatic rings. The molecular formula is C19H17F2NO7. The highest BCUT2D eigenvalue weighted by Crippen LogP contribution is 2.29. The number of carbonyl (C=O) groups excluding carboxylic acids is 3. The summed E-state index contributed by atoms with van der Waals surface area (Å²) >= 11 is 0. The largest absolute Gasteiger partial charge is 0.497 e. The molecule has 0 aromatic heterocycles. The van der Waals surface area contributed by atoms with Gasteiger partial charge in [-0.3, -0.25) is 14.9 Å². The average molecular weight is 409 g/mol. The first-order valence-corrected chi connectivity index (χ1v) is 8.12. The van der Waals surface area contributed by atoms with E-state index in [0.29, 0.717) is 5.75 Å². The lowest BCUT2D eigenvalue weighted by molar-refractivity contribution is -0.123. The van der Waals surface area contributed by atoms with Gasteiger partial charge in [0.2, 0.25) is 0 Å². The number of rotatable bonds is 8.